The van der Waals surface area contributed by atoms with Gasteiger partial charge >= 0.3 is 0 Å². The monoisotopic (exact) mass is 280 g/mol. The fourth-order valence-electron chi connectivity index (χ4n) is 2.14. The van der Waals surface area contributed by atoms with Crippen LogP contribution in [-0.4, -0.2) is 28.9 Å². The fourth-order valence-corrected chi connectivity index (χ4v) is 2.97. The van der Waals surface area contributed by atoms with Crippen LogP contribution in [0.15, 0.2) is 5.38 Å². The number of nitrogens with zero attached hydrogens (tertiary/aromatic N) is 2. The van der Waals surface area contributed by atoms with Crippen LogP contribution >= 0.6 is 11.3 Å². The Hall–Kier alpha value is -0.900. The quantitative estimate of drug-likeness (QED) is 0.766. The zero-order valence-electron chi connectivity index (χ0n) is 12.2. The van der Waals surface area contributed by atoms with E-state index in [1.165, 1.54) is 12.8 Å². The first-order valence-electron chi connectivity index (χ1n) is 7.32. The topological polar surface area (TPSA) is 33.2 Å². The second-order valence-electron chi connectivity index (χ2n) is 5.79. The molecule has 1 fully saturated rings. The maximum absolute atomic E-state index is 12.3. The molecule has 3 nitrogen and oxygen atoms in total. The fraction of sp³-hybridized carbons (Fsp3) is 0.733. The van der Waals surface area contributed by atoms with Gasteiger partial charge in [-0.2, -0.15) is 0 Å². The summed E-state index contributed by atoms with van der Waals surface area (Å²) in [7, 11) is 0. The lowest BCUT2D eigenvalue weighted by Crippen LogP contribution is -2.34. The second-order valence-corrected chi connectivity index (χ2v) is 6.68. The Labute approximate surface area is 120 Å². The van der Waals surface area contributed by atoms with Crippen molar-refractivity contribution in [2.75, 3.05) is 13.1 Å². The molecule has 4 heteroatoms. The van der Waals surface area contributed by atoms with Gasteiger partial charge in [-0.15, -0.1) is 11.3 Å². The van der Waals surface area contributed by atoms with E-state index in [-0.39, 0.29) is 5.91 Å². The van der Waals surface area contributed by atoms with E-state index in [1.807, 2.05) is 10.3 Å². The summed E-state index contributed by atoms with van der Waals surface area (Å²) >= 11 is 1.67. The molecule has 1 aromatic rings. The van der Waals surface area contributed by atoms with E-state index in [1.54, 1.807) is 11.3 Å². The van der Waals surface area contributed by atoms with Crippen molar-refractivity contribution < 1.29 is 4.79 Å². The van der Waals surface area contributed by atoms with E-state index in [4.69, 9.17) is 0 Å². The molecule has 1 aliphatic rings. The van der Waals surface area contributed by atoms with Crippen LogP contribution in [0, 0.1) is 5.92 Å². The van der Waals surface area contributed by atoms with Gasteiger partial charge in [0.15, 0.2) is 0 Å². The molecule has 0 aliphatic heterocycles. The van der Waals surface area contributed by atoms with Crippen LogP contribution in [0.1, 0.15) is 56.7 Å². The lowest BCUT2D eigenvalue weighted by atomic mass is 10.2. The summed E-state index contributed by atoms with van der Waals surface area (Å²) in [6.45, 7) is 8.25. The standard InChI is InChI=1S/C15H24N2OS/c1-4-7-17(9-12-5-6-12)14(18)8-13-10-19-15(16-13)11(2)3/h10-12H,4-9H2,1-3H3. The zero-order valence-corrected chi connectivity index (χ0v) is 13.0. The summed E-state index contributed by atoms with van der Waals surface area (Å²) in [5.74, 6) is 1.46. The van der Waals surface area contributed by atoms with Gasteiger partial charge in [0.05, 0.1) is 17.1 Å². The highest BCUT2D eigenvalue weighted by atomic mass is 32.1. The molecule has 1 aromatic heterocycles. The Morgan fingerprint density at radius 1 is 1.53 bits per heavy atom. The number of carbonyl (C=O) groups excluding carboxylic acids is 1. The smallest absolute Gasteiger partial charge is 0.228 e. The molecule has 1 heterocycles. The number of hydrogen-bond donors (Lipinski definition) is 0. The second kappa shape index (κ2) is 6.51. The third-order valence-corrected chi connectivity index (χ3v) is 4.61. The Bertz CT molecular complexity index is 424. The van der Waals surface area contributed by atoms with Gasteiger partial charge in [0.25, 0.3) is 0 Å². The molecule has 1 amide bonds. The number of aromatic nitrogens is 1. The average molecular weight is 280 g/mol. The van der Waals surface area contributed by atoms with Gasteiger partial charge in [-0.25, -0.2) is 4.98 Å². The highest BCUT2D eigenvalue weighted by Crippen LogP contribution is 2.30. The van der Waals surface area contributed by atoms with Gasteiger partial charge in [-0.3, -0.25) is 4.79 Å². The van der Waals surface area contributed by atoms with Crippen LogP contribution in [0.25, 0.3) is 0 Å². The normalized spacial score (nSPS) is 14.9. The number of thiazole rings is 1. The molecule has 0 atom stereocenters. The van der Waals surface area contributed by atoms with Crippen molar-refractivity contribution in [1.29, 1.82) is 0 Å². The Kier molecular flexibility index (Phi) is 4.97. The number of amides is 1. The Balaban J connectivity index is 1.92. The molecule has 1 aliphatic carbocycles. The minimum Gasteiger partial charge on any atom is -0.342 e. The van der Waals surface area contributed by atoms with Crippen molar-refractivity contribution in [3.05, 3.63) is 16.1 Å². The van der Waals surface area contributed by atoms with E-state index in [0.29, 0.717) is 12.3 Å². The van der Waals surface area contributed by atoms with Gasteiger partial charge in [-0.1, -0.05) is 20.8 Å². The van der Waals surface area contributed by atoms with E-state index >= 15 is 0 Å². The molecule has 0 bridgehead atoms. The molecular formula is C15H24N2OS. The molecule has 0 spiro atoms. The van der Waals surface area contributed by atoms with Crippen molar-refractivity contribution >= 4 is 17.2 Å². The van der Waals surface area contributed by atoms with Crippen molar-refractivity contribution in [1.82, 2.24) is 9.88 Å². The van der Waals surface area contributed by atoms with Gasteiger partial charge in [0.2, 0.25) is 5.91 Å². The summed E-state index contributed by atoms with van der Waals surface area (Å²) < 4.78 is 0. The van der Waals surface area contributed by atoms with E-state index in [9.17, 15) is 4.79 Å². The predicted molar refractivity (Wildman–Crippen MR) is 79.5 cm³/mol. The van der Waals surface area contributed by atoms with Crippen LogP contribution in [0.3, 0.4) is 0 Å². The minimum absolute atomic E-state index is 0.245. The summed E-state index contributed by atoms with van der Waals surface area (Å²) in [6.07, 6.45) is 4.09. The molecular weight excluding hydrogens is 256 g/mol. The largest absolute Gasteiger partial charge is 0.342 e. The summed E-state index contributed by atoms with van der Waals surface area (Å²) in [5.41, 5.74) is 0.940. The van der Waals surface area contributed by atoms with E-state index in [2.05, 4.69) is 25.8 Å². The van der Waals surface area contributed by atoms with Gasteiger partial charge < -0.3 is 4.90 Å². The van der Waals surface area contributed by atoms with Crippen molar-refractivity contribution in [2.24, 2.45) is 5.92 Å². The molecule has 106 valence electrons. The Morgan fingerprint density at radius 2 is 2.26 bits per heavy atom. The van der Waals surface area contributed by atoms with Gasteiger partial charge in [0, 0.05) is 24.4 Å². The van der Waals surface area contributed by atoms with E-state index in [0.717, 1.165) is 36.1 Å². The Morgan fingerprint density at radius 3 is 2.79 bits per heavy atom. The van der Waals surface area contributed by atoms with Gasteiger partial charge in [0.1, 0.15) is 0 Å². The van der Waals surface area contributed by atoms with E-state index < -0.39 is 0 Å². The summed E-state index contributed by atoms with van der Waals surface area (Å²) in [4.78, 5) is 18.9. The van der Waals surface area contributed by atoms with Crippen LogP contribution in [0.4, 0.5) is 0 Å². The number of hydrogen-bond acceptors (Lipinski definition) is 3. The number of carbonyl (C=O) groups is 1. The molecule has 0 aromatic carbocycles. The third-order valence-electron chi connectivity index (χ3n) is 3.42. The zero-order chi connectivity index (χ0) is 13.8. The average Bonchev–Trinajstić information content (AvgIpc) is 3.05. The lowest BCUT2D eigenvalue weighted by Gasteiger charge is -2.21. The molecule has 0 saturated heterocycles. The van der Waals surface area contributed by atoms with Crippen LogP contribution < -0.4 is 0 Å². The maximum Gasteiger partial charge on any atom is 0.228 e. The van der Waals surface area contributed by atoms with Crippen LogP contribution in [0.5, 0.6) is 0 Å². The summed E-state index contributed by atoms with van der Waals surface area (Å²) in [6, 6.07) is 0. The van der Waals surface area contributed by atoms with Crippen molar-refractivity contribution in [3.8, 4) is 0 Å². The molecule has 0 unspecified atom stereocenters. The SMILES string of the molecule is CCCN(CC1CC1)C(=O)Cc1csc(C(C)C)n1. The predicted octanol–water partition coefficient (Wildman–Crippen LogP) is 3.46. The number of rotatable bonds is 7. The minimum atomic E-state index is 0.245. The molecule has 2 rings (SSSR count). The van der Waals surface area contributed by atoms with Crippen molar-refractivity contribution in [3.63, 3.8) is 0 Å². The highest BCUT2D eigenvalue weighted by molar-refractivity contribution is 7.09. The molecule has 0 N–H and O–H groups in total. The lowest BCUT2D eigenvalue weighted by molar-refractivity contribution is -0.130. The van der Waals surface area contributed by atoms with Crippen LogP contribution in [0.2, 0.25) is 0 Å². The third kappa shape index (κ3) is 4.30. The molecule has 19 heavy (non-hydrogen) atoms. The van der Waals surface area contributed by atoms with Crippen LogP contribution in [-0.2, 0) is 11.2 Å². The maximum atomic E-state index is 12.3. The first-order valence-corrected chi connectivity index (χ1v) is 8.20. The first-order chi connectivity index (χ1) is 9.10. The summed E-state index contributed by atoms with van der Waals surface area (Å²) in [5, 5.41) is 3.17. The first kappa shape index (κ1) is 14.5. The van der Waals surface area contributed by atoms with Crippen molar-refractivity contribution in [2.45, 2.75) is 52.4 Å². The van der Waals surface area contributed by atoms with Gasteiger partial charge in [-0.05, 0) is 25.2 Å². The molecule has 0 radical (unpaired) electrons. The molecule has 1 saturated carbocycles. The highest BCUT2D eigenvalue weighted by Gasteiger charge is 2.26.